The van der Waals surface area contributed by atoms with Gasteiger partial charge in [0.05, 0.1) is 13.0 Å². The lowest BCUT2D eigenvalue weighted by Gasteiger charge is -2.31. The number of amides is 1. The second-order valence-electron chi connectivity index (χ2n) is 4.81. The Kier molecular flexibility index (Phi) is 4.87. The topological polar surface area (TPSA) is 49.3 Å². The Morgan fingerprint density at radius 3 is 2.41 bits per heavy atom. The average Bonchev–Trinajstić information content (AvgIpc) is 2.97. The van der Waals surface area contributed by atoms with Gasteiger partial charge >= 0.3 is 6.18 Å². The molecule has 0 aliphatic carbocycles. The highest BCUT2D eigenvalue weighted by Gasteiger charge is 2.55. The number of alkyl halides is 3. The highest BCUT2D eigenvalue weighted by Crippen LogP contribution is 2.38. The first-order valence-electron chi connectivity index (χ1n) is 6.45. The molecule has 0 fully saturated rings. The van der Waals surface area contributed by atoms with Crippen molar-refractivity contribution in [1.29, 1.82) is 0 Å². The first-order chi connectivity index (χ1) is 10.3. The van der Waals surface area contributed by atoms with E-state index in [0.717, 1.165) is 5.56 Å². The number of hydrogen-bond acceptors (Lipinski definition) is 3. The highest BCUT2D eigenvalue weighted by atomic mass is 32.1. The molecule has 1 heterocycles. The van der Waals surface area contributed by atoms with Crippen molar-refractivity contribution in [3.8, 4) is 0 Å². The van der Waals surface area contributed by atoms with Crippen LogP contribution in [0, 0.1) is 0 Å². The fraction of sp³-hybridized carbons (Fsp3) is 0.267. The van der Waals surface area contributed by atoms with Crippen LogP contribution in [0.3, 0.4) is 0 Å². The highest BCUT2D eigenvalue weighted by molar-refractivity contribution is 7.07. The van der Waals surface area contributed by atoms with Crippen LogP contribution in [-0.4, -0.2) is 23.7 Å². The Labute approximate surface area is 129 Å². The first-order valence-corrected chi connectivity index (χ1v) is 7.39. The molecule has 1 unspecified atom stereocenters. The predicted octanol–water partition coefficient (Wildman–Crippen LogP) is 2.86. The van der Waals surface area contributed by atoms with Crippen molar-refractivity contribution in [2.75, 3.05) is 6.54 Å². The van der Waals surface area contributed by atoms with Crippen molar-refractivity contribution >= 4 is 17.2 Å². The SMILES string of the molecule is O=C(Cc1ccsc1)NCC(O)(c1ccccc1)C(F)(F)F. The van der Waals surface area contributed by atoms with Gasteiger partial charge in [-0.05, 0) is 28.0 Å². The van der Waals surface area contributed by atoms with Crippen molar-refractivity contribution in [2.45, 2.75) is 18.2 Å². The molecule has 118 valence electrons. The molecular weight excluding hydrogens is 315 g/mol. The number of rotatable bonds is 5. The molecule has 0 aliphatic heterocycles. The summed E-state index contributed by atoms with van der Waals surface area (Å²) in [5.74, 6) is -0.572. The lowest BCUT2D eigenvalue weighted by Crippen LogP contribution is -2.51. The summed E-state index contributed by atoms with van der Waals surface area (Å²) in [6.07, 6.45) is -4.92. The van der Waals surface area contributed by atoms with Crippen LogP contribution < -0.4 is 5.32 Å². The zero-order valence-corrected chi connectivity index (χ0v) is 12.2. The van der Waals surface area contributed by atoms with Crippen LogP contribution in [0.2, 0.25) is 0 Å². The monoisotopic (exact) mass is 329 g/mol. The summed E-state index contributed by atoms with van der Waals surface area (Å²) in [7, 11) is 0. The van der Waals surface area contributed by atoms with Gasteiger partial charge in [0.25, 0.3) is 0 Å². The summed E-state index contributed by atoms with van der Waals surface area (Å²) in [4.78, 5) is 11.7. The van der Waals surface area contributed by atoms with E-state index in [9.17, 15) is 23.1 Å². The molecule has 0 bridgehead atoms. The van der Waals surface area contributed by atoms with E-state index in [1.807, 2.05) is 0 Å². The van der Waals surface area contributed by atoms with Crippen LogP contribution in [-0.2, 0) is 16.8 Å². The van der Waals surface area contributed by atoms with E-state index >= 15 is 0 Å². The zero-order valence-electron chi connectivity index (χ0n) is 11.4. The number of nitrogens with one attached hydrogen (secondary N) is 1. The fourth-order valence-corrected chi connectivity index (χ4v) is 2.62. The van der Waals surface area contributed by atoms with E-state index in [-0.39, 0.29) is 12.0 Å². The third-order valence-corrected chi connectivity index (χ3v) is 3.94. The Morgan fingerprint density at radius 1 is 1.18 bits per heavy atom. The van der Waals surface area contributed by atoms with Crippen molar-refractivity contribution in [3.63, 3.8) is 0 Å². The fourth-order valence-electron chi connectivity index (χ4n) is 1.95. The Bertz CT molecular complexity index is 613. The number of carbonyl (C=O) groups excluding carboxylic acids is 1. The number of halogens is 3. The molecule has 2 N–H and O–H groups in total. The minimum Gasteiger partial charge on any atom is -0.375 e. The molecular formula is C15H14F3NO2S. The molecule has 7 heteroatoms. The molecule has 0 saturated carbocycles. The van der Waals surface area contributed by atoms with E-state index in [2.05, 4.69) is 5.32 Å². The number of hydrogen-bond donors (Lipinski definition) is 2. The Morgan fingerprint density at radius 2 is 1.86 bits per heavy atom. The molecule has 2 rings (SSSR count). The Balaban J connectivity index is 2.10. The second-order valence-corrected chi connectivity index (χ2v) is 5.59. The molecule has 1 amide bonds. The molecule has 3 nitrogen and oxygen atoms in total. The number of benzene rings is 1. The summed E-state index contributed by atoms with van der Waals surface area (Å²) in [6.45, 7) is -0.927. The maximum atomic E-state index is 13.2. The summed E-state index contributed by atoms with van der Waals surface area (Å²) in [5.41, 5.74) is -2.70. The van der Waals surface area contributed by atoms with Gasteiger partial charge in [-0.25, -0.2) is 0 Å². The van der Waals surface area contributed by atoms with Crippen LogP contribution in [0.5, 0.6) is 0 Å². The number of carbonyl (C=O) groups is 1. The molecule has 0 saturated heterocycles. The van der Waals surface area contributed by atoms with Crippen LogP contribution in [0.1, 0.15) is 11.1 Å². The molecule has 0 aliphatic rings. The van der Waals surface area contributed by atoms with Crippen LogP contribution in [0.15, 0.2) is 47.2 Å². The second kappa shape index (κ2) is 6.50. The van der Waals surface area contributed by atoms with Gasteiger partial charge in [-0.2, -0.15) is 24.5 Å². The zero-order chi connectivity index (χ0) is 16.2. The molecule has 1 atom stereocenters. The van der Waals surface area contributed by atoms with Crippen LogP contribution in [0.25, 0.3) is 0 Å². The van der Waals surface area contributed by atoms with E-state index in [1.165, 1.54) is 35.6 Å². The van der Waals surface area contributed by atoms with Gasteiger partial charge in [0, 0.05) is 0 Å². The molecule has 1 aromatic heterocycles. The van der Waals surface area contributed by atoms with Crippen molar-refractivity contribution < 1.29 is 23.1 Å². The lowest BCUT2D eigenvalue weighted by atomic mass is 9.93. The molecule has 0 radical (unpaired) electrons. The molecule has 1 aromatic carbocycles. The summed E-state index contributed by atoms with van der Waals surface area (Å²) in [6, 6.07) is 8.43. The maximum absolute atomic E-state index is 13.2. The van der Waals surface area contributed by atoms with Gasteiger partial charge in [0.15, 0.2) is 0 Å². The smallest absolute Gasteiger partial charge is 0.375 e. The van der Waals surface area contributed by atoms with Crippen molar-refractivity contribution in [3.05, 3.63) is 58.3 Å². The van der Waals surface area contributed by atoms with Crippen LogP contribution in [0.4, 0.5) is 13.2 Å². The molecule has 22 heavy (non-hydrogen) atoms. The van der Waals surface area contributed by atoms with E-state index in [4.69, 9.17) is 0 Å². The third-order valence-electron chi connectivity index (χ3n) is 3.21. The maximum Gasteiger partial charge on any atom is 0.423 e. The van der Waals surface area contributed by atoms with Gasteiger partial charge in [-0.3, -0.25) is 4.79 Å². The first kappa shape index (κ1) is 16.5. The third kappa shape index (κ3) is 3.66. The lowest BCUT2D eigenvalue weighted by molar-refractivity contribution is -0.264. The van der Waals surface area contributed by atoms with E-state index in [1.54, 1.807) is 22.9 Å². The minimum absolute atomic E-state index is 0.0216. The van der Waals surface area contributed by atoms with Crippen LogP contribution >= 0.6 is 11.3 Å². The molecule has 0 spiro atoms. The van der Waals surface area contributed by atoms with Gasteiger partial charge in [0.2, 0.25) is 11.5 Å². The quantitative estimate of drug-likeness (QED) is 0.886. The number of aliphatic hydroxyl groups is 1. The van der Waals surface area contributed by atoms with E-state index in [0.29, 0.717) is 0 Å². The average molecular weight is 329 g/mol. The van der Waals surface area contributed by atoms with Gasteiger partial charge in [-0.15, -0.1) is 0 Å². The van der Waals surface area contributed by atoms with Gasteiger partial charge in [-0.1, -0.05) is 30.3 Å². The van der Waals surface area contributed by atoms with Gasteiger partial charge in [0.1, 0.15) is 0 Å². The van der Waals surface area contributed by atoms with Crippen molar-refractivity contribution in [1.82, 2.24) is 5.32 Å². The summed E-state index contributed by atoms with van der Waals surface area (Å²) < 4.78 is 39.7. The van der Waals surface area contributed by atoms with Crippen molar-refractivity contribution in [2.24, 2.45) is 0 Å². The minimum atomic E-state index is -4.90. The van der Waals surface area contributed by atoms with Gasteiger partial charge < -0.3 is 10.4 Å². The normalized spacial score (nSPS) is 14.4. The van der Waals surface area contributed by atoms with E-state index < -0.39 is 24.2 Å². The Hall–Kier alpha value is -1.86. The molecule has 2 aromatic rings. The summed E-state index contributed by atoms with van der Waals surface area (Å²) >= 11 is 1.40. The predicted molar refractivity (Wildman–Crippen MR) is 77.4 cm³/mol. The summed E-state index contributed by atoms with van der Waals surface area (Å²) in [5, 5.41) is 15.7. The standard InChI is InChI=1S/C15H14F3NO2S/c16-15(17,18)14(21,12-4-2-1-3-5-12)10-19-13(20)8-11-6-7-22-9-11/h1-7,9,21H,8,10H2,(H,19,20). The largest absolute Gasteiger partial charge is 0.423 e. The number of thiophene rings is 1.